The van der Waals surface area contributed by atoms with Gasteiger partial charge in [0.05, 0.1) is 0 Å². The molecule has 0 aromatic rings. The smallest absolute Gasteiger partial charge is 0.0252 e. The summed E-state index contributed by atoms with van der Waals surface area (Å²) in [5.74, 6) is 1.90. The summed E-state index contributed by atoms with van der Waals surface area (Å²) in [6.45, 7) is 12.5. The van der Waals surface area contributed by atoms with Crippen molar-refractivity contribution >= 4 is 0 Å². The lowest BCUT2D eigenvalue weighted by Crippen LogP contribution is -2.56. The normalized spacial score (nSPS) is 40.8. The number of nitrogens with zero attached hydrogens (tertiary/aromatic N) is 2. The molecule has 18 heavy (non-hydrogen) atoms. The number of nitrogens with one attached hydrogen (secondary N) is 1. The highest BCUT2D eigenvalue weighted by molar-refractivity contribution is 4.95. The quantitative estimate of drug-likeness (QED) is 0.815. The van der Waals surface area contributed by atoms with Gasteiger partial charge in [-0.05, 0) is 57.3 Å². The van der Waals surface area contributed by atoms with Gasteiger partial charge in [-0.1, -0.05) is 13.8 Å². The summed E-state index contributed by atoms with van der Waals surface area (Å²) < 4.78 is 0. The molecule has 4 aliphatic heterocycles. The highest BCUT2D eigenvalue weighted by atomic mass is 15.3. The van der Waals surface area contributed by atoms with Crippen LogP contribution in [0.4, 0.5) is 0 Å². The average Bonchev–Trinajstić information content (AvgIpc) is 2.86. The van der Waals surface area contributed by atoms with Gasteiger partial charge in [0.15, 0.2) is 0 Å². The molecule has 3 nitrogen and oxygen atoms in total. The lowest BCUT2D eigenvalue weighted by atomic mass is 9.83. The molecule has 4 saturated heterocycles. The molecule has 4 heterocycles. The van der Waals surface area contributed by atoms with Crippen LogP contribution >= 0.6 is 0 Å². The van der Waals surface area contributed by atoms with Crippen molar-refractivity contribution in [3.05, 3.63) is 0 Å². The summed E-state index contributed by atoms with van der Waals surface area (Å²) in [6.07, 6.45) is 4.31. The van der Waals surface area contributed by atoms with Crippen LogP contribution in [-0.2, 0) is 0 Å². The third-order valence-corrected chi connectivity index (χ3v) is 5.22. The second kappa shape index (κ2) is 5.48. The van der Waals surface area contributed by atoms with Gasteiger partial charge in [-0.3, -0.25) is 4.90 Å². The van der Waals surface area contributed by atoms with Gasteiger partial charge >= 0.3 is 0 Å². The van der Waals surface area contributed by atoms with Crippen molar-refractivity contribution in [3.63, 3.8) is 0 Å². The topological polar surface area (TPSA) is 18.5 Å². The summed E-state index contributed by atoms with van der Waals surface area (Å²) in [6, 6.07) is 1.52. The summed E-state index contributed by atoms with van der Waals surface area (Å²) in [5.41, 5.74) is 0. The Morgan fingerprint density at radius 3 is 2.44 bits per heavy atom. The van der Waals surface area contributed by atoms with Crippen molar-refractivity contribution < 1.29 is 0 Å². The van der Waals surface area contributed by atoms with E-state index in [0.717, 1.165) is 17.9 Å². The van der Waals surface area contributed by atoms with Gasteiger partial charge in [-0.2, -0.15) is 0 Å². The second-order valence-electron chi connectivity index (χ2n) is 6.92. The first-order valence-corrected chi connectivity index (χ1v) is 7.92. The molecule has 2 unspecified atom stereocenters. The Hall–Kier alpha value is -0.120. The number of likely N-dealkylation sites (tertiary alicyclic amines) is 1. The number of piperidine rings is 3. The van der Waals surface area contributed by atoms with Gasteiger partial charge in [0.1, 0.15) is 0 Å². The number of hydrogen-bond donors (Lipinski definition) is 1. The van der Waals surface area contributed by atoms with Crippen LogP contribution in [0.15, 0.2) is 0 Å². The molecule has 3 heteroatoms. The summed E-state index contributed by atoms with van der Waals surface area (Å²) in [7, 11) is 0. The fraction of sp³-hybridized carbons (Fsp3) is 1.00. The minimum atomic E-state index is 0.635. The zero-order valence-corrected chi connectivity index (χ0v) is 12.1. The monoisotopic (exact) mass is 251 g/mol. The zero-order valence-electron chi connectivity index (χ0n) is 12.1. The Morgan fingerprint density at radius 2 is 1.83 bits per heavy atom. The van der Waals surface area contributed by atoms with Crippen molar-refractivity contribution in [2.45, 2.75) is 45.2 Å². The van der Waals surface area contributed by atoms with Crippen LogP contribution in [0.1, 0.15) is 33.1 Å². The Labute approximate surface area is 112 Å². The van der Waals surface area contributed by atoms with E-state index in [0.29, 0.717) is 6.04 Å². The van der Waals surface area contributed by atoms with E-state index < -0.39 is 0 Å². The Bertz CT molecular complexity index is 271. The second-order valence-corrected chi connectivity index (χ2v) is 6.92. The van der Waals surface area contributed by atoms with E-state index in [9.17, 15) is 0 Å². The van der Waals surface area contributed by atoms with Crippen LogP contribution in [0.5, 0.6) is 0 Å². The van der Waals surface area contributed by atoms with Crippen molar-refractivity contribution in [1.82, 2.24) is 15.1 Å². The van der Waals surface area contributed by atoms with Gasteiger partial charge in [0.25, 0.3) is 0 Å². The third-order valence-electron chi connectivity index (χ3n) is 5.22. The molecule has 104 valence electrons. The lowest BCUT2D eigenvalue weighted by molar-refractivity contribution is 0.0141. The highest BCUT2D eigenvalue weighted by Gasteiger charge is 2.39. The summed E-state index contributed by atoms with van der Waals surface area (Å²) >= 11 is 0. The maximum Gasteiger partial charge on any atom is 0.0252 e. The van der Waals surface area contributed by atoms with Crippen molar-refractivity contribution in [1.29, 1.82) is 0 Å². The predicted molar refractivity (Wildman–Crippen MR) is 75.8 cm³/mol. The van der Waals surface area contributed by atoms with Crippen molar-refractivity contribution in [3.8, 4) is 0 Å². The maximum atomic E-state index is 3.61. The Balaban J connectivity index is 1.50. The van der Waals surface area contributed by atoms with Crippen LogP contribution in [0.2, 0.25) is 0 Å². The van der Waals surface area contributed by atoms with E-state index in [1.54, 1.807) is 0 Å². The summed E-state index contributed by atoms with van der Waals surface area (Å²) in [5, 5.41) is 3.61. The standard InChI is InChI=1S/C15H29N3/c1-12(2)16-9-13-3-8-18(10-13)15-11-17-6-4-14(15)5-7-17/h12-16H,3-11H2,1-2H3. The van der Waals surface area contributed by atoms with E-state index in [2.05, 4.69) is 29.0 Å². The van der Waals surface area contributed by atoms with E-state index in [4.69, 9.17) is 0 Å². The Morgan fingerprint density at radius 1 is 1.06 bits per heavy atom. The van der Waals surface area contributed by atoms with Gasteiger partial charge in [-0.25, -0.2) is 0 Å². The van der Waals surface area contributed by atoms with Gasteiger partial charge in [-0.15, -0.1) is 0 Å². The zero-order chi connectivity index (χ0) is 12.5. The largest absolute Gasteiger partial charge is 0.314 e. The van der Waals surface area contributed by atoms with Crippen LogP contribution in [0.25, 0.3) is 0 Å². The van der Waals surface area contributed by atoms with Crippen molar-refractivity contribution in [2.24, 2.45) is 11.8 Å². The Kier molecular flexibility index (Phi) is 3.92. The molecule has 4 rings (SSSR count). The molecule has 0 aromatic heterocycles. The molecular weight excluding hydrogens is 222 g/mol. The van der Waals surface area contributed by atoms with E-state index in [-0.39, 0.29) is 0 Å². The number of fused-ring (bicyclic) bond motifs is 3. The molecule has 2 bridgehead atoms. The van der Waals surface area contributed by atoms with Crippen molar-refractivity contribution in [2.75, 3.05) is 39.3 Å². The van der Waals surface area contributed by atoms with Gasteiger partial charge in [0.2, 0.25) is 0 Å². The number of rotatable bonds is 4. The first-order chi connectivity index (χ1) is 8.72. The SMILES string of the molecule is CC(C)NCC1CCN(C2CN3CCC2CC3)C1. The minimum Gasteiger partial charge on any atom is -0.314 e. The fourth-order valence-corrected chi connectivity index (χ4v) is 4.08. The van der Waals surface area contributed by atoms with E-state index in [1.807, 2.05) is 0 Å². The fourth-order valence-electron chi connectivity index (χ4n) is 4.08. The molecular formula is C15H29N3. The molecule has 0 radical (unpaired) electrons. The molecule has 0 aliphatic carbocycles. The molecule has 0 amide bonds. The van der Waals surface area contributed by atoms with Gasteiger partial charge < -0.3 is 10.2 Å². The predicted octanol–water partition coefficient (Wildman–Crippen LogP) is 1.40. The minimum absolute atomic E-state index is 0.635. The summed E-state index contributed by atoms with van der Waals surface area (Å²) in [4.78, 5) is 5.49. The van der Waals surface area contributed by atoms with E-state index in [1.165, 1.54) is 58.5 Å². The molecule has 0 spiro atoms. The van der Waals surface area contributed by atoms with E-state index >= 15 is 0 Å². The first-order valence-electron chi connectivity index (χ1n) is 7.92. The maximum absolute atomic E-state index is 3.61. The average molecular weight is 251 g/mol. The molecule has 4 fully saturated rings. The van der Waals surface area contributed by atoms with Crippen LogP contribution in [-0.4, -0.2) is 61.2 Å². The molecule has 2 atom stereocenters. The number of hydrogen-bond acceptors (Lipinski definition) is 3. The molecule has 0 saturated carbocycles. The molecule has 4 aliphatic rings. The van der Waals surface area contributed by atoms with Crippen LogP contribution < -0.4 is 5.32 Å². The molecule has 1 N–H and O–H groups in total. The van der Waals surface area contributed by atoms with Gasteiger partial charge in [0, 0.05) is 25.2 Å². The lowest BCUT2D eigenvalue weighted by Gasteiger charge is -2.48. The van der Waals surface area contributed by atoms with Crippen LogP contribution in [0, 0.1) is 11.8 Å². The first kappa shape index (κ1) is 12.9. The molecule has 0 aromatic carbocycles. The third kappa shape index (κ3) is 2.73. The van der Waals surface area contributed by atoms with Crippen LogP contribution in [0.3, 0.4) is 0 Å². The highest BCUT2D eigenvalue weighted by Crippen LogP contribution is 2.33.